The van der Waals surface area contributed by atoms with Crippen LogP contribution in [-0.4, -0.2) is 67.6 Å². The first kappa shape index (κ1) is 32.8. The van der Waals surface area contributed by atoms with Crippen LogP contribution in [0.15, 0.2) is 0 Å². The van der Waals surface area contributed by atoms with Crippen molar-refractivity contribution in [1.29, 1.82) is 0 Å². The largest absolute Gasteiger partial charge is 0.463 e. The predicted octanol–water partition coefficient (Wildman–Crippen LogP) is 4.28. The molecule has 0 saturated heterocycles. The Morgan fingerprint density at radius 1 is 0.656 bits per heavy atom. The van der Waals surface area contributed by atoms with Gasteiger partial charge in [0.2, 0.25) is 11.6 Å². The number of unbranched alkanes of at least 4 members (excludes halogenated alkanes) is 2. The third-order valence-electron chi connectivity index (χ3n) is 4.87. The zero-order chi connectivity index (χ0) is 25.2. The molecule has 0 aromatic rings. The van der Waals surface area contributed by atoms with Gasteiger partial charge in [-0.15, -0.1) is 0 Å². The Morgan fingerprint density at radius 2 is 1.12 bits per heavy atom. The summed E-state index contributed by atoms with van der Waals surface area (Å²) in [5, 5.41) is 0. The van der Waals surface area contributed by atoms with Gasteiger partial charge in [0.25, 0.3) is 0 Å². The zero-order valence-electron chi connectivity index (χ0n) is 21.3. The molecule has 8 nitrogen and oxygen atoms in total. The van der Waals surface area contributed by atoms with Crippen molar-refractivity contribution in [2.24, 2.45) is 0 Å². The van der Waals surface area contributed by atoms with Crippen molar-refractivity contribution >= 4 is 40.1 Å². The highest BCUT2D eigenvalue weighted by molar-refractivity contribution is 6.71. The lowest BCUT2D eigenvalue weighted by atomic mass is 10.2. The van der Waals surface area contributed by atoms with Crippen LogP contribution in [0.3, 0.4) is 0 Å². The number of Topliss-reactive ketones (excluding diaryl/α,β-unsaturated/α-hetero) is 2. The lowest BCUT2D eigenvalue weighted by Crippen LogP contribution is -2.29. The van der Waals surface area contributed by atoms with Gasteiger partial charge in [0, 0.05) is 26.6 Å². The van der Waals surface area contributed by atoms with Gasteiger partial charge < -0.3 is 18.3 Å². The van der Waals surface area contributed by atoms with E-state index in [9.17, 15) is 19.2 Å². The molecule has 0 N–H and O–H groups in total. The lowest BCUT2D eigenvalue weighted by molar-refractivity contribution is -0.153. The summed E-state index contributed by atoms with van der Waals surface area (Å²) >= 11 is 0. The maximum Gasteiger partial charge on any atom is 0.374 e. The van der Waals surface area contributed by atoms with Gasteiger partial charge >= 0.3 is 11.9 Å². The molecular formula is C22H44O8Si2. The Kier molecular flexibility index (Phi) is 18.6. The van der Waals surface area contributed by atoms with Crippen LogP contribution in [0, 0.1) is 0 Å². The van der Waals surface area contributed by atoms with Crippen molar-refractivity contribution in [3.63, 3.8) is 0 Å². The molecule has 0 radical (unpaired) electrons. The van der Waals surface area contributed by atoms with Gasteiger partial charge in [0.1, 0.15) is 0 Å². The number of esters is 2. The molecule has 32 heavy (non-hydrogen) atoms. The van der Waals surface area contributed by atoms with E-state index in [-0.39, 0.29) is 19.4 Å². The second-order valence-corrected chi connectivity index (χ2v) is 17.4. The summed E-state index contributed by atoms with van der Waals surface area (Å²) < 4.78 is 20.0. The average Bonchev–Trinajstić information content (AvgIpc) is 2.73. The standard InChI is InChI=1S/2C11H22O4Si/c1-5-15-11(13)10(12)8-6-7-9-16(3,4)14-2;1-5-15-16(3,4)9-7-6-8-10(12)11(13)14-2/h2*5-9H2,1-4H3. The van der Waals surface area contributed by atoms with E-state index in [1.54, 1.807) is 14.0 Å². The smallest absolute Gasteiger partial charge is 0.374 e. The minimum absolute atomic E-state index is 0.258. The lowest BCUT2D eigenvalue weighted by Gasteiger charge is -2.21. The van der Waals surface area contributed by atoms with E-state index in [1.165, 1.54) is 7.11 Å². The predicted molar refractivity (Wildman–Crippen MR) is 130 cm³/mol. The summed E-state index contributed by atoms with van der Waals surface area (Å²) in [4.78, 5) is 44.2. The Balaban J connectivity index is 0. The van der Waals surface area contributed by atoms with Crippen LogP contribution < -0.4 is 0 Å². The molecule has 0 rings (SSSR count). The maximum atomic E-state index is 11.2. The molecule has 0 spiro atoms. The molecule has 0 saturated carbocycles. The van der Waals surface area contributed by atoms with Crippen LogP contribution in [0.1, 0.15) is 52.4 Å². The number of ketones is 2. The Hall–Kier alpha value is -1.37. The SMILES string of the molecule is CCOC(=O)C(=O)CCCC[Si](C)(C)OC.CCO[Si](C)(C)CCCCC(=O)C(=O)OC. The number of carbonyl (C=O) groups excluding carboxylic acids is 4. The summed E-state index contributed by atoms with van der Waals surface area (Å²) in [6.07, 6.45) is 3.89. The molecule has 0 amide bonds. The van der Waals surface area contributed by atoms with E-state index in [0.717, 1.165) is 44.4 Å². The molecule has 0 fully saturated rings. The molecule has 0 unspecified atom stereocenters. The number of hydrogen-bond donors (Lipinski definition) is 0. The fraction of sp³-hybridized carbons (Fsp3) is 0.818. The van der Waals surface area contributed by atoms with Crippen LogP contribution >= 0.6 is 0 Å². The number of methoxy groups -OCH3 is 1. The number of rotatable bonds is 16. The molecule has 10 heteroatoms. The highest BCUT2D eigenvalue weighted by Gasteiger charge is 2.22. The van der Waals surface area contributed by atoms with Crippen LogP contribution in [0.2, 0.25) is 38.3 Å². The number of ether oxygens (including phenoxy) is 2. The maximum absolute atomic E-state index is 11.2. The minimum atomic E-state index is -1.54. The summed E-state index contributed by atoms with van der Waals surface area (Å²) in [6.45, 7) is 13.3. The normalized spacial score (nSPS) is 11.2. The molecule has 0 aliphatic rings. The summed E-state index contributed by atoms with van der Waals surface area (Å²) in [6, 6.07) is 2.04. The fourth-order valence-electron chi connectivity index (χ4n) is 2.77. The summed E-state index contributed by atoms with van der Waals surface area (Å²) in [7, 11) is -0.0978. The first-order valence-electron chi connectivity index (χ1n) is 11.4. The van der Waals surface area contributed by atoms with E-state index in [2.05, 4.69) is 35.7 Å². The molecule has 0 aliphatic carbocycles. The Bertz CT molecular complexity index is 576. The quantitative estimate of drug-likeness (QED) is 0.136. The molecule has 188 valence electrons. The second-order valence-electron chi connectivity index (χ2n) is 8.63. The van der Waals surface area contributed by atoms with Crippen LogP contribution in [-0.2, 0) is 37.5 Å². The van der Waals surface area contributed by atoms with Gasteiger partial charge in [0.15, 0.2) is 16.6 Å². The number of carbonyl (C=O) groups is 4. The third kappa shape index (κ3) is 18.2. The highest BCUT2D eigenvalue weighted by Crippen LogP contribution is 2.16. The average molecular weight is 493 g/mol. The van der Waals surface area contributed by atoms with Gasteiger partial charge in [0.05, 0.1) is 13.7 Å². The van der Waals surface area contributed by atoms with Crippen molar-refractivity contribution in [2.45, 2.75) is 90.6 Å². The first-order valence-corrected chi connectivity index (χ1v) is 17.6. The molecule has 0 atom stereocenters. The van der Waals surface area contributed by atoms with Crippen molar-refractivity contribution in [1.82, 2.24) is 0 Å². The van der Waals surface area contributed by atoms with Crippen molar-refractivity contribution in [3.8, 4) is 0 Å². The van der Waals surface area contributed by atoms with Gasteiger partial charge in [-0.3, -0.25) is 9.59 Å². The molecule has 0 bridgehead atoms. The zero-order valence-corrected chi connectivity index (χ0v) is 23.3. The second kappa shape index (κ2) is 18.1. The molecule has 0 heterocycles. The van der Waals surface area contributed by atoms with Crippen LogP contribution in [0.5, 0.6) is 0 Å². The Morgan fingerprint density at radius 3 is 1.53 bits per heavy atom. The van der Waals surface area contributed by atoms with Crippen molar-refractivity contribution in [2.75, 3.05) is 27.4 Å². The molecule has 0 aliphatic heterocycles. The molecular weight excluding hydrogens is 448 g/mol. The van der Waals surface area contributed by atoms with Gasteiger partial charge in [-0.05, 0) is 65.0 Å². The van der Waals surface area contributed by atoms with E-state index < -0.39 is 40.1 Å². The van der Waals surface area contributed by atoms with Crippen molar-refractivity contribution < 1.29 is 37.5 Å². The summed E-state index contributed by atoms with van der Waals surface area (Å²) in [5.74, 6) is -2.29. The van der Waals surface area contributed by atoms with E-state index >= 15 is 0 Å². The van der Waals surface area contributed by atoms with Crippen LogP contribution in [0.25, 0.3) is 0 Å². The van der Waals surface area contributed by atoms with E-state index in [4.69, 9.17) is 8.85 Å². The topological polar surface area (TPSA) is 105 Å². The van der Waals surface area contributed by atoms with Gasteiger partial charge in [-0.1, -0.05) is 12.8 Å². The van der Waals surface area contributed by atoms with Gasteiger partial charge in [-0.25, -0.2) is 9.59 Å². The fourth-order valence-corrected chi connectivity index (χ4v) is 6.10. The first-order chi connectivity index (χ1) is 14.9. The number of hydrogen-bond acceptors (Lipinski definition) is 8. The van der Waals surface area contributed by atoms with Gasteiger partial charge in [-0.2, -0.15) is 0 Å². The van der Waals surface area contributed by atoms with Crippen LogP contribution in [0.4, 0.5) is 0 Å². The highest BCUT2D eigenvalue weighted by atomic mass is 28.4. The third-order valence-corrected chi connectivity index (χ3v) is 10.2. The van der Waals surface area contributed by atoms with E-state index in [1.807, 2.05) is 6.92 Å². The van der Waals surface area contributed by atoms with E-state index in [0.29, 0.717) is 0 Å². The Labute approximate surface area is 196 Å². The minimum Gasteiger partial charge on any atom is -0.463 e. The summed E-state index contributed by atoms with van der Waals surface area (Å²) in [5.41, 5.74) is 0. The monoisotopic (exact) mass is 492 g/mol. The molecule has 0 aromatic carbocycles. The van der Waals surface area contributed by atoms with Crippen molar-refractivity contribution in [3.05, 3.63) is 0 Å². The molecule has 0 aromatic heterocycles.